The van der Waals surface area contributed by atoms with Crippen LogP contribution in [0, 0.1) is 19.7 Å². The van der Waals surface area contributed by atoms with E-state index in [2.05, 4.69) is 45.6 Å². The van der Waals surface area contributed by atoms with Crippen LogP contribution in [0.2, 0.25) is 0 Å². The molecule has 2 aromatic heterocycles. The molecule has 0 unspecified atom stereocenters. The number of aromatic nitrogens is 3. The van der Waals surface area contributed by atoms with Gasteiger partial charge in [0.1, 0.15) is 11.6 Å². The Morgan fingerprint density at radius 2 is 1.46 bits per heavy atom. The number of nitrogens with zero attached hydrogens (tertiary/aromatic N) is 3. The number of hydrogen-bond donors (Lipinski definition) is 0. The summed E-state index contributed by atoms with van der Waals surface area (Å²) in [5.41, 5.74) is 5.88. The molecule has 0 radical (unpaired) electrons. The van der Waals surface area contributed by atoms with Crippen molar-refractivity contribution in [2.45, 2.75) is 13.8 Å². The second kappa shape index (κ2) is 5.57. The maximum absolute atomic E-state index is 13.2. The molecule has 0 N–H and O–H groups in total. The molecule has 24 heavy (non-hydrogen) atoms. The van der Waals surface area contributed by atoms with Gasteiger partial charge < -0.3 is 0 Å². The molecule has 0 aliphatic rings. The van der Waals surface area contributed by atoms with Crippen LogP contribution in [-0.2, 0) is 0 Å². The fourth-order valence-corrected chi connectivity index (χ4v) is 2.92. The molecule has 2 aromatic carbocycles. The lowest BCUT2D eigenvalue weighted by Gasteiger charge is -2.11. The lowest BCUT2D eigenvalue weighted by molar-refractivity contribution is 0.628. The Kier molecular flexibility index (Phi) is 3.38. The second-order valence-corrected chi connectivity index (χ2v) is 5.89. The van der Waals surface area contributed by atoms with E-state index in [9.17, 15) is 4.39 Å². The quantitative estimate of drug-likeness (QED) is 0.530. The topological polar surface area (TPSA) is 30.2 Å². The first-order chi connectivity index (χ1) is 11.6. The number of hydrogen-bond acceptors (Lipinski definition) is 2. The molecule has 118 valence electrons. The molecule has 4 aromatic rings. The van der Waals surface area contributed by atoms with Crippen LogP contribution in [0.1, 0.15) is 11.4 Å². The van der Waals surface area contributed by atoms with Gasteiger partial charge in [0.25, 0.3) is 0 Å². The predicted octanol–water partition coefficient (Wildman–Crippen LogP) is 4.82. The maximum Gasteiger partial charge on any atom is 0.123 e. The highest BCUT2D eigenvalue weighted by Crippen LogP contribution is 2.28. The van der Waals surface area contributed by atoms with Crippen LogP contribution in [0.4, 0.5) is 4.39 Å². The number of imidazole rings is 1. The summed E-state index contributed by atoms with van der Waals surface area (Å²) < 4.78 is 15.3. The van der Waals surface area contributed by atoms with E-state index in [1.165, 1.54) is 17.7 Å². The minimum Gasteiger partial charge on any atom is -0.293 e. The molecule has 4 rings (SSSR count). The molecule has 0 amide bonds. The van der Waals surface area contributed by atoms with Gasteiger partial charge >= 0.3 is 0 Å². The van der Waals surface area contributed by atoms with Crippen molar-refractivity contribution in [3.05, 3.63) is 78.1 Å². The molecule has 2 heterocycles. The van der Waals surface area contributed by atoms with Gasteiger partial charge in [-0.3, -0.25) is 9.38 Å². The summed E-state index contributed by atoms with van der Waals surface area (Å²) in [5.74, 6) is 0.641. The van der Waals surface area contributed by atoms with Crippen LogP contribution in [0.5, 0.6) is 0 Å². The van der Waals surface area contributed by atoms with Crippen LogP contribution in [0.15, 0.2) is 60.9 Å². The molecule has 4 heteroatoms. The minimum absolute atomic E-state index is 0.254. The van der Waals surface area contributed by atoms with Crippen molar-refractivity contribution in [2.75, 3.05) is 0 Å². The smallest absolute Gasteiger partial charge is 0.123 e. The largest absolute Gasteiger partial charge is 0.293 e. The van der Waals surface area contributed by atoms with Crippen molar-refractivity contribution in [3.63, 3.8) is 0 Å². The Morgan fingerprint density at radius 3 is 2.17 bits per heavy atom. The first kappa shape index (κ1) is 14.6. The van der Waals surface area contributed by atoms with Gasteiger partial charge in [0.2, 0.25) is 0 Å². The summed E-state index contributed by atoms with van der Waals surface area (Å²) in [6.45, 7) is 4.04. The van der Waals surface area contributed by atoms with E-state index in [0.717, 1.165) is 33.9 Å². The van der Waals surface area contributed by atoms with Crippen LogP contribution < -0.4 is 0 Å². The lowest BCUT2D eigenvalue weighted by Crippen LogP contribution is -1.98. The number of rotatable bonds is 2. The zero-order valence-electron chi connectivity index (χ0n) is 13.5. The third-order valence-corrected chi connectivity index (χ3v) is 4.20. The summed E-state index contributed by atoms with van der Waals surface area (Å²) in [6, 6.07) is 14.7. The van der Waals surface area contributed by atoms with Crippen molar-refractivity contribution in [3.8, 4) is 22.5 Å². The molecule has 3 nitrogen and oxygen atoms in total. The molecule has 0 aliphatic heterocycles. The average molecular weight is 317 g/mol. The fraction of sp³-hybridized carbons (Fsp3) is 0.100. The highest BCUT2D eigenvalue weighted by molar-refractivity contribution is 5.79. The first-order valence-electron chi connectivity index (χ1n) is 7.79. The van der Waals surface area contributed by atoms with Crippen molar-refractivity contribution >= 4 is 5.52 Å². The monoisotopic (exact) mass is 317 g/mol. The molecule has 0 aliphatic carbocycles. The normalized spacial score (nSPS) is 11.1. The Bertz CT molecular complexity index is 1020. The lowest BCUT2D eigenvalue weighted by atomic mass is 10.1. The van der Waals surface area contributed by atoms with Crippen molar-refractivity contribution in [2.24, 2.45) is 0 Å². The molecule has 0 saturated carbocycles. The summed E-state index contributed by atoms with van der Waals surface area (Å²) in [6.07, 6.45) is 3.67. The van der Waals surface area contributed by atoms with Crippen molar-refractivity contribution < 1.29 is 4.39 Å². The van der Waals surface area contributed by atoms with E-state index in [-0.39, 0.29) is 5.82 Å². The van der Waals surface area contributed by atoms with E-state index >= 15 is 0 Å². The van der Waals surface area contributed by atoms with Crippen LogP contribution in [0.25, 0.3) is 28.0 Å². The summed E-state index contributed by atoms with van der Waals surface area (Å²) >= 11 is 0. The molecule has 0 fully saturated rings. The number of fused-ring (bicyclic) bond motifs is 1. The molecule has 0 spiro atoms. The van der Waals surface area contributed by atoms with Gasteiger partial charge in [-0.25, -0.2) is 9.37 Å². The third-order valence-electron chi connectivity index (χ3n) is 4.20. The summed E-state index contributed by atoms with van der Waals surface area (Å²) in [4.78, 5) is 9.09. The van der Waals surface area contributed by atoms with E-state index in [0.29, 0.717) is 0 Å². The maximum atomic E-state index is 13.2. The van der Waals surface area contributed by atoms with E-state index < -0.39 is 0 Å². The molecular weight excluding hydrogens is 301 g/mol. The predicted molar refractivity (Wildman–Crippen MR) is 93.3 cm³/mol. The van der Waals surface area contributed by atoms with Crippen molar-refractivity contribution in [1.82, 2.24) is 14.4 Å². The van der Waals surface area contributed by atoms with Gasteiger partial charge in [-0.05, 0) is 38.1 Å². The van der Waals surface area contributed by atoms with Gasteiger partial charge in [0.05, 0.1) is 29.3 Å². The van der Waals surface area contributed by atoms with Crippen LogP contribution in [0.3, 0.4) is 0 Å². The average Bonchev–Trinajstić information content (AvgIpc) is 2.98. The zero-order valence-corrected chi connectivity index (χ0v) is 13.5. The molecular formula is C20H16FN3. The zero-order chi connectivity index (χ0) is 16.7. The van der Waals surface area contributed by atoms with E-state index in [1.54, 1.807) is 12.1 Å². The highest BCUT2D eigenvalue weighted by Gasteiger charge is 2.13. The van der Waals surface area contributed by atoms with Gasteiger partial charge in [0.15, 0.2) is 0 Å². The Labute approximate surface area is 139 Å². The Morgan fingerprint density at radius 1 is 0.792 bits per heavy atom. The number of benzene rings is 2. The van der Waals surface area contributed by atoms with Gasteiger partial charge in [-0.2, -0.15) is 0 Å². The van der Waals surface area contributed by atoms with Crippen LogP contribution in [-0.4, -0.2) is 14.4 Å². The molecule has 0 saturated heterocycles. The number of aryl methyl sites for hydroxylation is 2. The standard InChI is InChI=1S/C20H16FN3/c1-13-3-5-15(6-4-13)18-11-23-20(16-7-9-17(21)10-8-16)19-12-22-14(2)24(18)19/h3-12H,1-2H3. The Hall–Kier alpha value is -3.01. The fourth-order valence-electron chi connectivity index (χ4n) is 2.92. The van der Waals surface area contributed by atoms with E-state index in [4.69, 9.17) is 0 Å². The molecule has 0 bridgehead atoms. The highest BCUT2D eigenvalue weighted by atomic mass is 19.1. The minimum atomic E-state index is -0.254. The number of halogens is 1. The summed E-state index contributed by atoms with van der Waals surface area (Å²) in [7, 11) is 0. The third kappa shape index (κ3) is 2.36. The van der Waals surface area contributed by atoms with Gasteiger partial charge in [-0.1, -0.05) is 29.8 Å². The van der Waals surface area contributed by atoms with E-state index in [1.807, 2.05) is 19.3 Å². The van der Waals surface area contributed by atoms with Gasteiger partial charge in [0, 0.05) is 11.1 Å². The van der Waals surface area contributed by atoms with Crippen LogP contribution >= 0.6 is 0 Å². The Balaban J connectivity index is 1.96. The second-order valence-electron chi connectivity index (χ2n) is 5.89. The van der Waals surface area contributed by atoms with Gasteiger partial charge in [-0.15, -0.1) is 0 Å². The first-order valence-corrected chi connectivity index (χ1v) is 7.79. The molecule has 0 atom stereocenters. The summed E-state index contributed by atoms with van der Waals surface area (Å²) in [5, 5.41) is 0. The SMILES string of the molecule is Cc1ccc(-c2cnc(-c3ccc(F)cc3)c3cnc(C)n23)cc1. The van der Waals surface area contributed by atoms with Crippen molar-refractivity contribution in [1.29, 1.82) is 0 Å².